The molecule has 2 unspecified atom stereocenters. The highest BCUT2D eigenvalue weighted by molar-refractivity contribution is 5.15. The maximum atomic E-state index is 4.51. The maximum Gasteiger partial charge on any atom is -0.00882 e. The van der Waals surface area contributed by atoms with Gasteiger partial charge in [0.2, 0.25) is 0 Å². The van der Waals surface area contributed by atoms with Gasteiger partial charge in [-0.15, -0.1) is 0 Å². The average Bonchev–Trinajstić information content (AvgIpc) is 2.66. The minimum absolute atomic E-state index is 0.459. The van der Waals surface area contributed by atoms with Gasteiger partial charge in [-0.2, -0.15) is 0 Å². The second kappa shape index (κ2) is 5.59. The molecule has 0 N–H and O–H groups in total. The molecule has 0 saturated heterocycles. The van der Waals surface area contributed by atoms with Gasteiger partial charge < -0.3 is 0 Å². The highest BCUT2D eigenvalue weighted by Gasteiger charge is 2.39. The average molecular weight is 234 g/mol. The maximum absolute atomic E-state index is 4.51. The first-order chi connectivity index (χ1) is 8.14. The Kier molecular flexibility index (Phi) is 4.33. The van der Waals surface area contributed by atoms with E-state index in [2.05, 4.69) is 20.4 Å². The standard InChI is InChI=1S/C17H30/c1-14-10-8-9-13-17(3,15(14)2)16-11-6-4-5-7-12-16/h14,16H,2,4-13H2,1,3H3. The van der Waals surface area contributed by atoms with Gasteiger partial charge in [-0.25, -0.2) is 0 Å². The molecule has 0 amide bonds. The van der Waals surface area contributed by atoms with Gasteiger partial charge >= 0.3 is 0 Å². The third kappa shape index (κ3) is 2.77. The summed E-state index contributed by atoms with van der Waals surface area (Å²) in [5.74, 6) is 1.68. The van der Waals surface area contributed by atoms with Crippen LogP contribution in [0.1, 0.15) is 78.1 Å². The molecule has 2 aliphatic rings. The van der Waals surface area contributed by atoms with Crippen LogP contribution in [0.15, 0.2) is 12.2 Å². The summed E-state index contributed by atoms with van der Waals surface area (Å²) < 4.78 is 0. The number of allylic oxidation sites excluding steroid dienone is 1. The Labute approximate surface area is 108 Å². The Balaban J connectivity index is 2.15. The third-order valence-corrected chi connectivity index (χ3v) is 5.67. The molecule has 0 spiro atoms. The zero-order valence-electron chi connectivity index (χ0n) is 11.9. The fourth-order valence-corrected chi connectivity index (χ4v) is 4.22. The molecule has 0 heteroatoms. The van der Waals surface area contributed by atoms with Crippen molar-refractivity contribution in [3.05, 3.63) is 12.2 Å². The van der Waals surface area contributed by atoms with Crippen molar-refractivity contribution in [1.82, 2.24) is 0 Å². The van der Waals surface area contributed by atoms with Crippen molar-refractivity contribution in [1.29, 1.82) is 0 Å². The predicted molar refractivity (Wildman–Crippen MR) is 76.1 cm³/mol. The Morgan fingerprint density at radius 3 is 2.18 bits per heavy atom. The largest absolute Gasteiger partial charge is 0.0990 e. The highest BCUT2D eigenvalue weighted by atomic mass is 14.4. The number of rotatable bonds is 1. The second-order valence-electron chi connectivity index (χ2n) is 6.78. The van der Waals surface area contributed by atoms with E-state index >= 15 is 0 Å². The van der Waals surface area contributed by atoms with Gasteiger partial charge in [0.25, 0.3) is 0 Å². The van der Waals surface area contributed by atoms with Gasteiger partial charge in [0.15, 0.2) is 0 Å². The summed E-state index contributed by atoms with van der Waals surface area (Å²) >= 11 is 0. The van der Waals surface area contributed by atoms with Crippen LogP contribution < -0.4 is 0 Å². The zero-order valence-corrected chi connectivity index (χ0v) is 11.9. The molecular weight excluding hydrogens is 204 g/mol. The van der Waals surface area contributed by atoms with Crippen LogP contribution in [0.25, 0.3) is 0 Å². The van der Waals surface area contributed by atoms with Crippen LogP contribution in [-0.2, 0) is 0 Å². The van der Waals surface area contributed by atoms with Gasteiger partial charge in [0, 0.05) is 0 Å². The van der Waals surface area contributed by atoms with Crippen molar-refractivity contribution in [2.75, 3.05) is 0 Å². The van der Waals surface area contributed by atoms with E-state index < -0.39 is 0 Å². The summed E-state index contributed by atoms with van der Waals surface area (Å²) in [5.41, 5.74) is 2.04. The molecule has 0 aromatic heterocycles. The lowest BCUT2D eigenvalue weighted by molar-refractivity contribution is 0.187. The van der Waals surface area contributed by atoms with Crippen LogP contribution in [0.5, 0.6) is 0 Å². The molecule has 2 fully saturated rings. The molecule has 0 aromatic rings. The summed E-state index contributed by atoms with van der Waals surface area (Å²) in [6, 6.07) is 0. The molecule has 0 aliphatic heterocycles. The molecule has 98 valence electrons. The van der Waals surface area contributed by atoms with Crippen LogP contribution in [-0.4, -0.2) is 0 Å². The molecule has 0 heterocycles. The lowest BCUT2D eigenvalue weighted by Crippen LogP contribution is -2.30. The first kappa shape index (κ1) is 13.2. The molecule has 0 nitrogen and oxygen atoms in total. The molecule has 2 atom stereocenters. The second-order valence-corrected chi connectivity index (χ2v) is 6.78. The van der Waals surface area contributed by atoms with Crippen molar-refractivity contribution in [2.45, 2.75) is 78.1 Å². The van der Waals surface area contributed by atoms with Gasteiger partial charge in [0.1, 0.15) is 0 Å². The van der Waals surface area contributed by atoms with E-state index in [0.29, 0.717) is 5.41 Å². The molecular formula is C17H30. The normalized spacial score (nSPS) is 37.5. The fourth-order valence-electron chi connectivity index (χ4n) is 4.22. The number of hydrogen-bond donors (Lipinski definition) is 0. The quantitative estimate of drug-likeness (QED) is 0.401. The molecule has 0 radical (unpaired) electrons. The van der Waals surface area contributed by atoms with E-state index in [1.807, 2.05) is 0 Å². The molecule has 0 aromatic carbocycles. The minimum atomic E-state index is 0.459. The van der Waals surface area contributed by atoms with Crippen molar-refractivity contribution in [3.63, 3.8) is 0 Å². The summed E-state index contributed by atoms with van der Waals surface area (Å²) in [6.45, 7) is 9.45. The van der Waals surface area contributed by atoms with Gasteiger partial charge in [-0.05, 0) is 42.9 Å². The summed E-state index contributed by atoms with van der Waals surface area (Å²) in [7, 11) is 0. The van der Waals surface area contributed by atoms with Crippen molar-refractivity contribution in [3.8, 4) is 0 Å². The zero-order chi connectivity index (χ0) is 12.3. The summed E-state index contributed by atoms with van der Waals surface area (Å²) in [5, 5.41) is 0. The smallest absolute Gasteiger partial charge is 0.00882 e. The van der Waals surface area contributed by atoms with E-state index in [4.69, 9.17) is 0 Å². The van der Waals surface area contributed by atoms with Gasteiger partial charge in [-0.1, -0.05) is 64.5 Å². The summed E-state index contributed by atoms with van der Waals surface area (Å²) in [4.78, 5) is 0. The Bertz CT molecular complexity index is 257. The van der Waals surface area contributed by atoms with Crippen LogP contribution in [0.4, 0.5) is 0 Å². The highest BCUT2D eigenvalue weighted by Crippen LogP contribution is 2.50. The Morgan fingerprint density at radius 2 is 1.53 bits per heavy atom. The van der Waals surface area contributed by atoms with Crippen molar-refractivity contribution in [2.24, 2.45) is 17.3 Å². The van der Waals surface area contributed by atoms with Gasteiger partial charge in [0.05, 0.1) is 0 Å². The monoisotopic (exact) mass is 234 g/mol. The molecule has 0 bridgehead atoms. The molecule has 2 saturated carbocycles. The van der Waals surface area contributed by atoms with E-state index in [-0.39, 0.29) is 0 Å². The van der Waals surface area contributed by atoms with Crippen LogP contribution in [0.3, 0.4) is 0 Å². The number of hydrogen-bond acceptors (Lipinski definition) is 0. The SMILES string of the molecule is C=C1C(C)CCCCC1(C)C1CCCCCC1. The van der Waals surface area contributed by atoms with Crippen molar-refractivity contribution >= 4 is 0 Å². The van der Waals surface area contributed by atoms with E-state index in [1.54, 1.807) is 5.57 Å². The van der Waals surface area contributed by atoms with Crippen LogP contribution >= 0.6 is 0 Å². The van der Waals surface area contributed by atoms with Crippen LogP contribution in [0.2, 0.25) is 0 Å². The lowest BCUT2D eigenvalue weighted by Gasteiger charge is -2.40. The van der Waals surface area contributed by atoms with E-state index in [9.17, 15) is 0 Å². The Hall–Kier alpha value is -0.260. The fraction of sp³-hybridized carbons (Fsp3) is 0.882. The lowest BCUT2D eigenvalue weighted by atomic mass is 9.64. The Morgan fingerprint density at radius 1 is 0.941 bits per heavy atom. The van der Waals surface area contributed by atoms with Gasteiger partial charge in [-0.3, -0.25) is 0 Å². The third-order valence-electron chi connectivity index (χ3n) is 5.67. The molecule has 2 rings (SSSR count). The van der Waals surface area contributed by atoms with Crippen molar-refractivity contribution < 1.29 is 0 Å². The predicted octanol–water partition coefficient (Wildman–Crippen LogP) is 5.73. The first-order valence-electron chi connectivity index (χ1n) is 7.84. The molecule has 2 aliphatic carbocycles. The summed E-state index contributed by atoms with van der Waals surface area (Å²) in [6.07, 6.45) is 14.4. The topological polar surface area (TPSA) is 0 Å². The van der Waals surface area contributed by atoms with Crippen LogP contribution in [0, 0.1) is 17.3 Å². The minimum Gasteiger partial charge on any atom is -0.0990 e. The van der Waals surface area contributed by atoms with E-state index in [0.717, 1.165) is 11.8 Å². The molecule has 17 heavy (non-hydrogen) atoms. The first-order valence-corrected chi connectivity index (χ1v) is 7.84. The van der Waals surface area contributed by atoms with E-state index in [1.165, 1.54) is 64.2 Å².